The largest absolute Gasteiger partial charge is 0.312 e. The van der Waals surface area contributed by atoms with Gasteiger partial charge in [-0.05, 0) is 24.5 Å². The van der Waals surface area contributed by atoms with E-state index in [1.54, 1.807) is 6.07 Å². The monoisotopic (exact) mass is 397 g/mol. The molecule has 2 atom stereocenters. The molecule has 3 aliphatic rings. The van der Waals surface area contributed by atoms with Gasteiger partial charge >= 0.3 is 0 Å². The van der Waals surface area contributed by atoms with Crippen LogP contribution in [0.2, 0.25) is 0 Å². The number of rotatable bonds is 2. The van der Waals surface area contributed by atoms with E-state index < -0.39 is 0 Å². The molecule has 0 aromatic carbocycles. The lowest BCUT2D eigenvalue weighted by molar-refractivity contribution is 0.113. The van der Waals surface area contributed by atoms with E-state index in [9.17, 15) is 4.79 Å². The number of pyridine rings is 1. The Bertz CT molecular complexity index is 810. The number of hydrogen-bond donors (Lipinski definition) is 1. The Balaban J connectivity index is 0.000000980. The van der Waals surface area contributed by atoms with Gasteiger partial charge in [-0.25, -0.2) is 0 Å². The molecule has 0 unspecified atom stereocenters. The van der Waals surface area contributed by atoms with Crippen molar-refractivity contribution in [2.24, 2.45) is 5.92 Å². The fourth-order valence-corrected chi connectivity index (χ4v) is 4.68. The van der Waals surface area contributed by atoms with Crippen LogP contribution in [-0.2, 0) is 26.2 Å². The van der Waals surface area contributed by atoms with Crippen molar-refractivity contribution in [2.45, 2.75) is 38.5 Å². The number of likely N-dealkylation sites (tertiary alicyclic amines) is 1. The molecule has 0 spiro atoms. The molecule has 1 saturated heterocycles. The minimum atomic E-state index is 0. The SMILES string of the molecule is Cl.Cl.O=c1cccc2n1C[C@@H]1C[C@H]2CN(Cc2cc3n(n2)CCNC3)C1. The minimum Gasteiger partial charge on any atom is -0.312 e. The van der Waals surface area contributed by atoms with Gasteiger partial charge in [0.25, 0.3) is 5.56 Å². The molecule has 0 radical (unpaired) electrons. The molecule has 5 heterocycles. The van der Waals surface area contributed by atoms with E-state index in [0.29, 0.717) is 11.8 Å². The Morgan fingerprint density at radius 3 is 2.92 bits per heavy atom. The number of fused-ring (bicyclic) bond motifs is 5. The molecule has 2 aromatic rings. The molecular weight excluding hydrogens is 373 g/mol. The maximum Gasteiger partial charge on any atom is 0.250 e. The van der Waals surface area contributed by atoms with Gasteiger partial charge in [-0.1, -0.05) is 6.07 Å². The lowest BCUT2D eigenvalue weighted by Gasteiger charge is -2.42. The van der Waals surface area contributed by atoms with Crippen molar-refractivity contribution >= 4 is 24.8 Å². The fraction of sp³-hybridized carbons (Fsp3) is 0.556. The summed E-state index contributed by atoms with van der Waals surface area (Å²) in [5, 5.41) is 8.18. The summed E-state index contributed by atoms with van der Waals surface area (Å²) in [7, 11) is 0. The lowest BCUT2D eigenvalue weighted by atomic mass is 9.83. The van der Waals surface area contributed by atoms with Gasteiger partial charge in [0.2, 0.25) is 0 Å². The summed E-state index contributed by atoms with van der Waals surface area (Å²) in [5.74, 6) is 1.06. The summed E-state index contributed by atoms with van der Waals surface area (Å²) < 4.78 is 4.14. The minimum absolute atomic E-state index is 0. The van der Waals surface area contributed by atoms with Gasteiger partial charge in [0, 0.05) is 56.9 Å². The smallest absolute Gasteiger partial charge is 0.250 e. The van der Waals surface area contributed by atoms with Gasteiger partial charge in [0.05, 0.1) is 17.9 Å². The zero-order chi connectivity index (χ0) is 16.1. The molecule has 0 amide bonds. The van der Waals surface area contributed by atoms with Gasteiger partial charge in [0.1, 0.15) is 0 Å². The first kappa shape index (κ1) is 19.4. The van der Waals surface area contributed by atoms with Crippen LogP contribution in [0.4, 0.5) is 0 Å². The molecule has 1 N–H and O–H groups in total. The Labute approximate surface area is 165 Å². The summed E-state index contributed by atoms with van der Waals surface area (Å²) in [6, 6.07) is 7.97. The highest BCUT2D eigenvalue weighted by molar-refractivity contribution is 5.85. The molecule has 0 aliphatic carbocycles. The molecule has 1 fully saturated rings. The number of nitrogens with zero attached hydrogens (tertiary/aromatic N) is 4. The van der Waals surface area contributed by atoms with Crippen LogP contribution in [0, 0.1) is 5.92 Å². The van der Waals surface area contributed by atoms with Crippen molar-refractivity contribution in [3.05, 3.63) is 51.7 Å². The molecule has 2 aromatic heterocycles. The van der Waals surface area contributed by atoms with Crippen LogP contribution in [0.25, 0.3) is 0 Å². The topological polar surface area (TPSA) is 55.1 Å². The molecular formula is C18H25Cl2N5O. The number of aromatic nitrogens is 3. The highest BCUT2D eigenvalue weighted by Crippen LogP contribution is 2.35. The van der Waals surface area contributed by atoms with Crippen LogP contribution < -0.4 is 10.9 Å². The summed E-state index contributed by atoms with van der Waals surface area (Å²) in [4.78, 5) is 14.6. The van der Waals surface area contributed by atoms with E-state index in [1.165, 1.54) is 23.5 Å². The van der Waals surface area contributed by atoms with Crippen molar-refractivity contribution in [1.29, 1.82) is 0 Å². The van der Waals surface area contributed by atoms with Crippen LogP contribution in [0.3, 0.4) is 0 Å². The zero-order valence-electron chi connectivity index (χ0n) is 14.6. The van der Waals surface area contributed by atoms with Gasteiger partial charge in [-0.2, -0.15) is 5.10 Å². The van der Waals surface area contributed by atoms with E-state index in [4.69, 9.17) is 5.10 Å². The van der Waals surface area contributed by atoms with Crippen LogP contribution >= 0.6 is 24.8 Å². The van der Waals surface area contributed by atoms with Gasteiger partial charge in [-0.15, -0.1) is 24.8 Å². The second-order valence-electron chi connectivity index (χ2n) is 7.42. The van der Waals surface area contributed by atoms with Crippen molar-refractivity contribution in [3.8, 4) is 0 Å². The third-order valence-corrected chi connectivity index (χ3v) is 5.66. The average molecular weight is 398 g/mol. The van der Waals surface area contributed by atoms with Crippen molar-refractivity contribution < 1.29 is 0 Å². The molecule has 26 heavy (non-hydrogen) atoms. The highest BCUT2D eigenvalue weighted by Gasteiger charge is 2.34. The first-order chi connectivity index (χ1) is 11.8. The van der Waals surface area contributed by atoms with Crippen molar-refractivity contribution in [1.82, 2.24) is 24.6 Å². The van der Waals surface area contributed by atoms with E-state index in [2.05, 4.69) is 27.0 Å². The molecule has 3 aliphatic heterocycles. The van der Waals surface area contributed by atoms with Crippen LogP contribution in [0.1, 0.15) is 29.4 Å². The zero-order valence-corrected chi connectivity index (χ0v) is 16.3. The summed E-state index contributed by atoms with van der Waals surface area (Å²) in [6.45, 7) is 6.78. The average Bonchev–Trinajstić information content (AvgIpc) is 2.98. The summed E-state index contributed by atoms with van der Waals surface area (Å²) in [5.41, 5.74) is 3.85. The number of nitrogens with one attached hydrogen (secondary N) is 1. The molecule has 8 heteroatoms. The Hall–Kier alpha value is -1.34. The molecule has 0 saturated carbocycles. The number of halogens is 2. The van der Waals surface area contributed by atoms with Crippen LogP contribution in [-0.4, -0.2) is 38.9 Å². The Morgan fingerprint density at radius 1 is 1.19 bits per heavy atom. The first-order valence-electron chi connectivity index (χ1n) is 8.95. The maximum atomic E-state index is 12.1. The standard InChI is InChI=1S/C18H23N5O.2ClH/c24-18-3-1-2-17-14-6-13(10-22(17)18)9-21(11-14)12-15-7-16-8-19-4-5-23(16)20-15;;/h1-3,7,13-14,19H,4-6,8-12H2;2*1H/t13-,14+;;/m1../s1. The highest BCUT2D eigenvalue weighted by atomic mass is 35.5. The van der Waals surface area contributed by atoms with E-state index >= 15 is 0 Å². The lowest BCUT2D eigenvalue weighted by Crippen LogP contribution is -2.46. The van der Waals surface area contributed by atoms with Crippen LogP contribution in [0.5, 0.6) is 0 Å². The molecule has 142 valence electrons. The van der Waals surface area contributed by atoms with E-state index in [1.807, 2.05) is 10.6 Å². The first-order valence-corrected chi connectivity index (χ1v) is 8.95. The molecule has 6 nitrogen and oxygen atoms in total. The molecule has 2 bridgehead atoms. The third-order valence-electron chi connectivity index (χ3n) is 5.66. The van der Waals surface area contributed by atoms with Gasteiger partial charge in [0.15, 0.2) is 0 Å². The maximum absolute atomic E-state index is 12.1. The Kier molecular flexibility index (Phi) is 5.77. The Morgan fingerprint density at radius 2 is 2.08 bits per heavy atom. The normalized spacial score (nSPS) is 24.0. The predicted molar refractivity (Wildman–Crippen MR) is 105 cm³/mol. The summed E-state index contributed by atoms with van der Waals surface area (Å²) >= 11 is 0. The van der Waals surface area contributed by atoms with Crippen molar-refractivity contribution in [3.63, 3.8) is 0 Å². The van der Waals surface area contributed by atoms with E-state index in [-0.39, 0.29) is 30.4 Å². The number of piperidine rings is 1. The van der Waals surface area contributed by atoms with Crippen LogP contribution in [0.15, 0.2) is 29.1 Å². The fourth-order valence-electron chi connectivity index (χ4n) is 4.68. The summed E-state index contributed by atoms with van der Waals surface area (Å²) in [6.07, 6.45) is 1.21. The molecule has 5 rings (SSSR count). The predicted octanol–water partition coefficient (Wildman–Crippen LogP) is 1.61. The van der Waals surface area contributed by atoms with Crippen molar-refractivity contribution in [2.75, 3.05) is 19.6 Å². The second-order valence-corrected chi connectivity index (χ2v) is 7.42. The quantitative estimate of drug-likeness (QED) is 0.836. The second kappa shape index (κ2) is 7.72. The van der Waals surface area contributed by atoms with E-state index in [0.717, 1.165) is 45.8 Å². The van der Waals surface area contributed by atoms with Gasteiger partial charge < -0.3 is 9.88 Å². The number of hydrogen-bond acceptors (Lipinski definition) is 4. The van der Waals surface area contributed by atoms with Gasteiger partial charge in [-0.3, -0.25) is 14.4 Å². The third kappa shape index (κ3) is 3.43.